The highest BCUT2D eigenvalue weighted by Crippen LogP contribution is 2.16. The van der Waals surface area contributed by atoms with Gasteiger partial charge in [-0.2, -0.15) is 0 Å². The van der Waals surface area contributed by atoms with Gasteiger partial charge in [-0.1, -0.05) is 23.9 Å². The van der Waals surface area contributed by atoms with Gasteiger partial charge in [0.05, 0.1) is 17.3 Å². The quantitative estimate of drug-likeness (QED) is 0.358. The monoisotopic (exact) mass is 285 g/mol. The lowest BCUT2D eigenvalue weighted by atomic mass is 10.1. The lowest BCUT2D eigenvalue weighted by Crippen LogP contribution is -2.06. The molecular weight excluding hydrogens is 274 g/mol. The number of non-ortho nitro benzene ring substituents is 1. The van der Waals surface area contributed by atoms with Crippen LogP contribution in [0.1, 0.15) is 17.3 Å². The Labute approximate surface area is 114 Å². The molecule has 0 heterocycles. The van der Waals surface area contributed by atoms with Gasteiger partial charge in [-0.3, -0.25) is 14.9 Å². The third kappa shape index (κ3) is 4.42. The minimum atomic E-state index is -0.533. The highest BCUT2D eigenvalue weighted by Gasteiger charge is 2.12. The van der Waals surface area contributed by atoms with E-state index in [0.29, 0.717) is 16.6 Å². The topological polar surface area (TPSA) is 69.4 Å². The Morgan fingerprint density at radius 1 is 1.56 bits per heavy atom. The zero-order valence-corrected chi connectivity index (χ0v) is 11.3. The van der Waals surface area contributed by atoms with Gasteiger partial charge in [0.25, 0.3) is 5.69 Å². The van der Waals surface area contributed by atoms with Crippen LogP contribution in [-0.4, -0.2) is 27.4 Å². The molecule has 7 heteroatoms. The summed E-state index contributed by atoms with van der Waals surface area (Å²) in [6, 6.07) is 5.62. The number of carbonyl (C=O) groups excluding carboxylic acids is 1. The van der Waals surface area contributed by atoms with Crippen molar-refractivity contribution in [2.45, 2.75) is 6.92 Å². The molecule has 0 bridgehead atoms. The Balaban J connectivity index is 2.64. The molecule has 0 amide bonds. The summed E-state index contributed by atoms with van der Waals surface area (Å²) in [5, 5.41) is 10.6. The van der Waals surface area contributed by atoms with Crippen molar-refractivity contribution in [1.82, 2.24) is 0 Å². The minimum Gasteiger partial charge on any atom is -0.479 e. The molecule has 1 rings (SSSR count). The lowest BCUT2D eigenvalue weighted by molar-refractivity contribution is -0.384. The number of thioether (sulfide) groups is 1. The molecule has 1 aromatic carbocycles. The average Bonchev–Trinajstić information content (AvgIpc) is 2.36. The van der Waals surface area contributed by atoms with Gasteiger partial charge in [0, 0.05) is 17.7 Å². The third-order valence-corrected chi connectivity index (χ3v) is 3.19. The second-order valence-electron chi connectivity index (χ2n) is 3.20. The number of hydrogen-bond donors (Lipinski definition) is 0. The molecule has 0 aliphatic rings. The zero-order valence-electron chi connectivity index (χ0n) is 9.62. The van der Waals surface area contributed by atoms with Crippen LogP contribution in [0.2, 0.25) is 0 Å². The number of ether oxygens (including phenoxy) is 1. The van der Waals surface area contributed by atoms with E-state index in [2.05, 4.69) is 0 Å². The average molecular weight is 285 g/mol. The predicted molar refractivity (Wildman–Crippen MR) is 74.1 cm³/mol. The van der Waals surface area contributed by atoms with Crippen LogP contribution in [0.4, 0.5) is 5.69 Å². The second-order valence-corrected chi connectivity index (χ2v) is 4.78. The molecule has 0 atom stereocenters. The highest BCUT2D eigenvalue weighted by molar-refractivity contribution is 8.23. The maximum absolute atomic E-state index is 11.8. The van der Waals surface area contributed by atoms with Gasteiger partial charge < -0.3 is 4.74 Å². The van der Waals surface area contributed by atoms with Crippen molar-refractivity contribution in [3.8, 4) is 0 Å². The summed E-state index contributed by atoms with van der Waals surface area (Å²) in [4.78, 5) is 21.8. The van der Waals surface area contributed by atoms with Gasteiger partial charge in [0.2, 0.25) is 4.38 Å². The van der Waals surface area contributed by atoms with E-state index in [-0.39, 0.29) is 17.2 Å². The SMILES string of the molecule is CCOC(=S)SCC(=O)c1cccc([N+](=O)[O-])c1. The molecule has 0 spiro atoms. The highest BCUT2D eigenvalue weighted by atomic mass is 32.2. The molecule has 0 unspecified atom stereocenters. The van der Waals surface area contributed by atoms with E-state index in [4.69, 9.17) is 17.0 Å². The van der Waals surface area contributed by atoms with Crippen LogP contribution in [0, 0.1) is 10.1 Å². The van der Waals surface area contributed by atoms with Gasteiger partial charge in [-0.15, -0.1) is 0 Å². The molecular formula is C11H11NO4S2. The number of nitro groups is 1. The van der Waals surface area contributed by atoms with Gasteiger partial charge in [-0.25, -0.2) is 0 Å². The van der Waals surface area contributed by atoms with Gasteiger partial charge in [0.15, 0.2) is 5.78 Å². The van der Waals surface area contributed by atoms with Crippen LogP contribution in [0.5, 0.6) is 0 Å². The predicted octanol–water partition coefficient (Wildman–Crippen LogP) is 2.83. The summed E-state index contributed by atoms with van der Waals surface area (Å²) in [6.07, 6.45) is 0. The van der Waals surface area contributed by atoms with E-state index in [1.807, 2.05) is 0 Å². The van der Waals surface area contributed by atoms with Crippen molar-refractivity contribution in [3.05, 3.63) is 39.9 Å². The molecule has 0 aromatic heterocycles. The molecule has 0 aliphatic carbocycles. The van der Waals surface area contributed by atoms with Crippen LogP contribution in [0.15, 0.2) is 24.3 Å². The zero-order chi connectivity index (χ0) is 13.5. The van der Waals surface area contributed by atoms with E-state index in [1.54, 1.807) is 13.0 Å². The van der Waals surface area contributed by atoms with Gasteiger partial charge in [-0.05, 0) is 19.1 Å². The standard InChI is InChI=1S/C11H11NO4S2/c1-2-16-11(17)18-7-10(13)8-4-3-5-9(6-8)12(14)15/h3-6H,2,7H2,1H3. The second kappa shape index (κ2) is 7.07. The normalized spacial score (nSPS) is 9.83. The smallest absolute Gasteiger partial charge is 0.270 e. The van der Waals surface area contributed by atoms with E-state index in [1.165, 1.54) is 18.2 Å². The molecule has 0 aliphatic heterocycles. The van der Waals surface area contributed by atoms with Crippen LogP contribution in [-0.2, 0) is 4.74 Å². The van der Waals surface area contributed by atoms with Crippen molar-refractivity contribution in [1.29, 1.82) is 0 Å². The first kappa shape index (κ1) is 14.6. The van der Waals surface area contributed by atoms with E-state index in [9.17, 15) is 14.9 Å². The number of nitrogens with zero attached hydrogens (tertiary/aromatic N) is 1. The number of thiocarbonyl (C=S) groups is 1. The van der Waals surface area contributed by atoms with Crippen molar-refractivity contribution >= 4 is 39.8 Å². The Bertz CT molecular complexity index is 476. The maximum atomic E-state index is 11.8. The van der Waals surface area contributed by atoms with Crippen molar-refractivity contribution in [2.75, 3.05) is 12.4 Å². The first-order valence-corrected chi connectivity index (χ1v) is 6.51. The molecule has 5 nitrogen and oxygen atoms in total. The van der Waals surface area contributed by atoms with E-state index in [0.717, 1.165) is 11.8 Å². The third-order valence-electron chi connectivity index (χ3n) is 1.96. The molecule has 96 valence electrons. The lowest BCUT2D eigenvalue weighted by Gasteiger charge is -2.03. The van der Waals surface area contributed by atoms with E-state index >= 15 is 0 Å². The fourth-order valence-electron chi connectivity index (χ4n) is 1.16. The molecule has 0 saturated carbocycles. The molecule has 0 saturated heterocycles. The molecule has 0 fully saturated rings. The first-order chi connectivity index (χ1) is 8.54. The minimum absolute atomic E-state index is 0.0989. The first-order valence-electron chi connectivity index (χ1n) is 5.11. The number of nitro benzene ring substituents is 1. The molecule has 1 aromatic rings. The summed E-state index contributed by atoms with van der Waals surface area (Å²) < 4.78 is 5.33. The van der Waals surface area contributed by atoms with Gasteiger partial charge in [0.1, 0.15) is 0 Å². The van der Waals surface area contributed by atoms with Crippen molar-refractivity contribution in [3.63, 3.8) is 0 Å². The number of ketones is 1. The maximum Gasteiger partial charge on any atom is 0.270 e. The van der Waals surface area contributed by atoms with E-state index < -0.39 is 4.92 Å². The van der Waals surface area contributed by atoms with Crippen molar-refractivity contribution < 1.29 is 14.5 Å². The fourth-order valence-corrected chi connectivity index (χ4v) is 2.07. The van der Waals surface area contributed by atoms with Crippen LogP contribution in [0.3, 0.4) is 0 Å². The Kier molecular flexibility index (Phi) is 5.73. The van der Waals surface area contributed by atoms with Crippen LogP contribution < -0.4 is 0 Å². The molecule has 18 heavy (non-hydrogen) atoms. The summed E-state index contributed by atoms with van der Waals surface area (Å²) in [6.45, 7) is 2.26. The number of carbonyl (C=O) groups is 1. The van der Waals surface area contributed by atoms with Crippen LogP contribution in [0.25, 0.3) is 0 Å². The summed E-state index contributed by atoms with van der Waals surface area (Å²) in [5.74, 6) is -0.106. The molecule has 0 N–H and O–H groups in total. The summed E-state index contributed by atoms with van der Waals surface area (Å²) in [5.41, 5.74) is 0.203. The molecule has 0 radical (unpaired) electrons. The number of benzene rings is 1. The summed E-state index contributed by atoms with van der Waals surface area (Å²) >= 11 is 5.98. The Morgan fingerprint density at radius 2 is 2.28 bits per heavy atom. The van der Waals surface area contributed by atoms with Gasteiger partial charge >= 0.3 is 0 Å². The van der Waals surface area contributed by atoms with Crippen molar-refractivity contribution in [2.24, 2.45) is 0 Å². The largest absolute Gasteiger partial charge is 0.479 e. The Morgan fingerprint density at radius 3 is 2.89 bits per heavy atom. The number of Topliss-reactive ketones (excluding diaryl/α,β-unsaturated/α-hetero) is 1. The Hall–Kier alpha value is -1.47. The number of rotatable bonds is 5. The number of hydrogen-bond acceptors (Lipinski definition) is 6. The summed E-state index contributed by atoms with van der Waals surface area (Å²) in [7, 11) is 0. The fraction of sp³-hybridized carbons (Fsp3) is 0.273. The van der Waals surface area contributed by atoms with Crippen LogP contribution >= 0.6 is 24.0 Å².